The zero-order chi connectivity index (χ0) is 11.9. The summed E-state index contributed by atoms with van der Waals surface area (Å²) in [6, 6.07) is 0. The average molecular weight is 236 g/mol. The van der Waals surface area contributed by atoms with Gasteiger partial charge in [0, 0.05) is 6.08 Å². The highest BCUT2D eigenvalue weighted by Crippen LogP contribution is 2.31. The molecule has 1 unspecified atom stereocenters. The van der Waals surface area contributed by atoms with Gasteiger partial charge >= 0.3 is 14.2 Å². The van der Waals surface area contributed by atoms with Gasteiger partial charge in [0.15, 0.2) is 0 Å². The first-order chi connectivity index (χ1) is 6.99. The molecule has 0 aromatic rings. The van der Waals surface area contributed by atoms with Crippen molar-refractivity contribution in [3.8, 4) is 0 Å². The second-order valence-corrected chi connectivity index (χ2v) is 3.81. The van der Waals surface area contributed by atoms with Crippen molar-refractivity contribution < 1.29 is 23.5 Å². The predicted molar refractivity (Wildman–Crippen MR) is 56.8 cm³/mol. The summed E-state index contributed by atoms with van der Waals surface area (Å²) < 4.78 is 20.4. The van der Waals surface area contributed by atoms with Crippen molar-refractivity contribution in [2.45, 2.75) is 32.3 Å². The zero-order valence-corrected chi connectivity index (χ0v) is 9.99. The van der Waals surface area contributed by atoms with Crippen LogP contribution in [0.3, 0.4) is 0 Å². The highest BCUT2D eigenvalue weighted by Gasteiger charge is 2.30. The van der Waals surface area contributed by atoms with Crippen LogP contribution in [-0.4, -0.2) is 23.1 Å². The smallest absolute Gasteiger partial charge is 0.330 e. The van der Waals surface area contributed by atoms with E-state index in [-0.39, 0.29) is 6.61 Å². The molecular weight excluding hydrogens is 219 g/mol. The Morgan fingerprint density at radius 3 is 2.40 bits per heavy atom. The van der Waals surface area contributed by atoms with Crippen LogP contribution in [0.5, 0.6) is 0 Å². The van der Waals surface area contributed by atoms with Gasteiger partial charge in [0.2, 0.25) is 0 Å². The van der Waals surface area contributed by atoms with Gasteiger partial charge in [-0.3, -0.25) is 4.57 Å². The van der Waals surface area contributed by atoms with E-state index in [2.05, 4.69) is 6.58 Å². The molecule has 0 aliphatic carbocycles. The molecule has 0 radical (unpaired) electrons. The molecule has 0 aromatic carbocycles. The van der Waals surface area contributed by atoms with Crippen LogP contribution >= 0.6 is 8.25 Å². The molecule has 0 amide bonds. The van der Waals surface area contributed by atoms with Crippen molar-refractivity contribution in [3.05, 3.63) is 12.7 Å². The minimum Gasteiger partial charge on any atom is -0.459 e. The Balaban J connectivity index is 4.42. The molecule has 0 saturated carbocycles. The monoisotopic (exact) mass is 236 g/mol. The molecule has 0 spiro atoms. The summed E-state index contributed by atoms with van der Waals surface area (Å²) in [4.78, 5) is 19.6. The van der Waals surface area contributed by atoms with Crippen LogP contribution in [-0.2, 0) is 18.6 Å². The molecule has 1 N–H and O–H groups in total. The molecular formula is C9H17O5P. The maximum Gasteiger partial charge on any atom is 0.330 e. The van der Waals surface area contributed by atoms with Gasteiger partial charge in [-0.15, -0.1) is 0 Å². The third kappa shape index (κ3) is 5.11. The second-order valence-electron chi connectivity index (χ2n) is 3.07. The highest BCUT2D eigenvalue weighted by atomic mass is 31.1. The second kappa shape index (κ2) is 6.77. The van der Waals surface area contributed by atoms with Crippen LogP contribution in [0.1, 0.15) is 26.7 Å². The molecule has 6 heteroatoms. The summed E-state index contributed by atoms with van der Waals surface area (Å²) in [6.45, 7) is 6.82. The number of hydrogen-bond donors (Lipinski definition) is 1. The average Bonchev–Trinajstić information content (AvgIpc) is 2.23. The molecule has 0 aromatic heterocycles. The van der Waals surface area contributed by atoms with E-state index in [1.807, 2.05) is 0 Å². The van der Waals surface area contributed by atoms with E-state index in [0.717, 1.165) is 6.08 Å². The Kier molecular flexibility index (Phi) is 6.48. The Labute approximate surface area is 90.0 Å². The molecule has 0 fully saturated rings. The summed E-state index contributed by atoms with van der Waals surface area (Å²) in [7, 11) is -3.04. The van der Waals surface area contributed by atoms with Crippen LogP contribution in [0, 0.1) is 0 Å². The van der Waals surface area contributed by atoms with E-state index in [9.17, 15) is 9.36 Å². The summed E-state index contributed by atoms with van der Waals surface area (Å²) >= 11 is 0. The third-order valence-corrected chi connectivity index (χ3v) is 2.84. The summed E-state index contributed by atoms with van der Waals surface area (Å²) in [5, 5.41) is 0. The lowest BCUT2D eigenvalue weighted by atomic mass is 9.99. The number of rotatable bonds is 7. The summed E-state index contributed by atoms with van der Waals surface area (Å²) in [5.41, 5.74) is -0.872. The largest absolute Gasteiger partial charge is 0.459 e. The lowest BCUT2D eigenvalue weighted by molar-refractivity contribution is -0.144. The molecule has 0 saturated heterocycles. The maximum absolute atomic E-state index is 10.8. The fraction of sp³-hybridized carbons (Fsp3) is 0.667. The first-order valence-electron chi connectivity index (χ1n) is 4.70. The van der Waals surface area contributed by atoms with Crippen LogP contribution in [0.4, 0.5) is 0 Å². The summed E-state index contributed by atoms with van der Waals surface area (Å²) in [6.07, 6.45) is 2.02. The highest BCUT2D eigenvalue weighted by molar-refractivity contribution is 7.32. The van der Waals surface area contributed by atoms with Crippen LogP contribution in [0.15, 0.2) is 12.7 Å². The van der Waals surface area contributed by atoms with Crippen molar-refractivity contribution in [1.29, 1.82) is 0 Å². The van der Waals surface area contributed by atoms with E-state index in [4.69, 9.17) is 14.2 Å². The van der Waals surface area contributed by atoms with Gasteiger partial charge in [-0.2, -0.15) is 0 Å². The molecule has 0 heterocycles. The van der Waals surface area contributed by atoms with Crippen molar-refractivity contribution >= 4 is 14.2 Å². The predicted octanol–water partition coefficient (Wildman–Crippen LogP) is 1.67. The maximum atomic E-state index is 10.8. The molecule has 0 aliphatic rings. The molecule has 0 bridgehead atoms. The minimum absolute atomic E-state index is 0.0399. The zero-order valence-electron chi connectivity index (χ0n) is 8.99. The van der Waals surface area contributed by atoms with Gasteiger partial charge in [-0.25, -0.2) is 4.79 Å². The molecule has 15 heavy (non-hydrogen) atoms. The Morgan fingerprint density at radius 1 is 1.53 bits per heavy atom. The van der Waals surface area contributed by atoms with E-state index < -0.39 is 19.8 Å². The van der Waals surface area contributed by atoms with Crippen LogP contribution in [0.2, 0.25) is 0 Å². The van der Waals surface area contributed by atoms with Gasteiger partial charge in [0.1, 0.15) is 12.2 Å². The number of carbonyl (C=O) groups excluding carboxylic acids is 1. The quantitative estimate of drug-likeness (QED) is 0.413. The van der Waals surface area contributed by atoms with Crippen LogP contribution < -0.4 is 0 Å². The minimum atomic E-state index is -3.04. The van der Waals surface area contributed by atoms with Gasteiger partial charge in [-0.1, -0.05) is 20.4 Å². The SMILES string of the molecule is C=CC(=O)OCC(CC)(CC)O[PH](=O)O. The fourth-order valence-electron chi connectivity index (χ4n) is 1.07. The van der Waals surface area contributed by atoms with Crippen molar-refractivity contribution in [2.75, 3.05) is 6.61 Å². The molecule has 1 atom stereocenters. The summed E-state index contributed by atoms with van der Waals surface area (Å²) in [5.74, 6) is -0.567. The first kappa shape index (κ1) is 14.4. The molecule has 5 nitrogen and oxygen atoms in total. The number of carbonyl (C=O) groups is 1. The Bertz CT molecular complexity index is 247. The lowest BCUT2D eigenvalue weighted by Gasteiger charge is -2.29. The standard InChI is InChI=1S/C9H17O5P/c1-4-8(10)13-7-9(5-2,6-3)14-15(11)12/h4,15H,1,5-7H2,2-3H3,(H,11,12). The van der Waals surface area contributed by atoms with E-state index in [1.54, 1.807) is 13.8 Å². The first-order valence-corrected chi connectivity index (χ1v) is 5.97. The van der Waals surface area contributed by atoms with Gasteiger partial charge in [-0.05, 0) is 12.8 Å². The Morgan fingerprint density at radius 2 is 2.07 bits per heavy atom. The topological polar surface area (TPSA) is 72.8 Å². The molecule has 0 rings (SSSR count). The van der Waals surface area contributed by atoms with Gasteiger partial charge in [0.25, 0.3) is 0 Å². The lowest BCUT2D eigenvalue weighted by Crippen LogP contribution is -2.35. The molecule has 0 aliphatic heterocycles. The van der Waals surface area contributed by atoms with Gasteiger partial charge in [0.05, 0.1) is 0 Å². The third-order valence-electron chi connectivity index (χ3n) is 2.24. The van der Waals surface area contributed by atoms with E-state index >= 15 is 0 Å². The number of hydrogen-bond acceptors (Lipinski definition) is 4. The van der Waals surface area contributed by atoms with E-state index in [0.29, 0.717) is 12.8 Å². The Hall–Kier alpha value is -0.640. The fourth-order valence-corrected chi connectivity index (χ4v) is 1.79. The molecule has 88 valence electrons. The van der Waals surface area contributed by atoms with Crippen molar-refractivity contribution in [2.24, 2.45) is 0 Å². The normalized spacial score (nSPS) is 13.3. The van der Waals surface area contributed by atoms with Crippen molar-refractivity contribution in [3.63, 3.8) is 0 Å². The van der Waals surface area contributed by atoms with Gasteiger partial charge < -0.3 is 14.2 Å². The number of ether oxygens (including phenoxy) is 1. The van der Waals surface area contributed by atoms with E-state index in [1.165, 1.54) is 0 Å². The van der Waals surface area contributed by atoms with Crippen molar-refractivity contribution in [1.82, 2.24) is 0 Å². The van der Waals surface area contributed by atoms with Crippen LogP contribution in [0.25, 0.3) is 0 Å². The number of esters is 1.